The van der Waals surface area contributed by atoms with Crippen molar-refractivity contribution in [3.05, 3.63) is 50.5 Å². The van der Waals surface area contributed by atoms with Crippen LogP contribution in [0.4, 0.5) is 0 Å². The zero-order valence-corrected chi connectivity index (χ0v) is 11.0. The molecule has 0 radical (unpaired) electrons. The number of hydrogen-bond acceptors (Lipinski definition) is 3. The molecule has 2 rings (SSSR count). The highest BCUT2D eigenvalue weighted by atomic mass is 79.9. The SMILES string of the molecule is Cc1c(-c2cccc(Br)c2)nc(=O)[nH]c1C(=O)O. The molecule has 2 N–H and O–H groups in total. The fourth-order valence-corrected chi connectivity index (χ4v) is 2.06. The molecule has 6 heteroatoms. The number of aromatic nitrogens is 2. The molecule has 5 nitrogen and oxygen atoms in total. The Hall–Kier alpha value is -1.95. The van der Waals surface area contributed by atoms with Crippen molar-refractivity contribution in [3.63, 3.8) is 0 Å². The fraction of sp³-hybridized carbons (Fsp3) is 0.0833. The van der Waals surface area contributed by atoms with E-state index >= 15 is 0 Å². The van der Waals surface area contributed by atoms with Gasteiger partial charge in [0.15, 0.2) is 0 Å². The Labute approximate surface area is 111 Å². The number of halogens is 1. The summed E-state index contributed by atoms with van der Waals surface area (Å²) in [5.74, 6) is -1.18. The van der Waals surface area contributed by atoms with Gasteiger partial charge < -0.3 is 5.11 Å². The van der Waals surface area contributed by atoms with E-state index in [1.807, 2.05) is 6.07 Å². The van der Waals surface area contributed by atoms with Crippen molar-refractivity contribution in [3.8, 4) is 11.3 Å². The number of nitrogens with zero attached hydrogens (tertiary/aromatic N) is 1. The van der Waals surface area contributed by atoms with Gasteiger partial charge in [0.2, 0.25) is 0 Å². The lowest BCUT2D eigenvalue weighted by molar-refractivity contribution is 0.0689. The first-order valence-electron chi connectivity index (χ1n) is 5.09. The van der Waals surface area contributed by atoms with E-state index in [-0.39, 0.29) is 5.69 Å². The van der Waals surface area contributed by atoms with Crippen molar-refractivity contribution in [1.82, 2.24) is 9.97 Å². The van der Waals surface area contributed by atoms with Crippen LogP contribution in [0.25, 0.3) is 11.3 Å². The van der Waals surface area contributed by atoms with Crippen LogP contribution in [0.1, 0.15) is 16.1 Å². The predicted molar refractivity (Wildman–Crippen MR) is 69.7 cm³/mol. The van der Waals surface area contributed by atoms with Crippen LogP contribution in [-0.2, 0) is 0 Å². The van der Waals surface area contributed by atoms with Crippen molar-refractivity contribution in [2.24, 2.45) is 0 Å². The second-order valence-electron chi connectivity index (χ2n) is 3.71. The van der Waals surface area contributed by atoms with E-state index < -0.39 is 11.7 Å². The van der Waals surface area contributed by atoms with Crippen LogP contribution in [0.3, 0.4) is 0 Å². The maximum absolute atomic E-state index is 11.4. The summed E-state index contributed by atoms with van der Waals surface area (Å²) in [6, 6.07) is 7.18. The predicted octanol–water partition coefficient (Wildman–Crippen LogP) is 2.21. The minimum absolute atomic E-state index is 0.134. The van der Waals surface area contributed by atoms with E-state index in [2.05, 4.69) is 25.9 Å². The molecule has 0 spiro atoms. The molecular weight excluding hydrogens is 300 g/mol. The number of carboxylic acid groups (broad SMARTS) is 1. The lowest BCUT2D eigenvalue weighted by Gasteiger charge is -2.07. The zero-order chi connectivity index (χ0) is 13.3. The second kappa shape index (κ2) is 4.73. The highest BCUT2D eigenvalue weighted by Gasteiger charge is 2.15. The van der Waals surface area contributed by atoms with Crippen molar-refractivity contribution < 1.29 is 9.90 Å². The van der Waals surface area contributed by atoms with Gasteiger partial charge >= 0.3 is 11.7 Å². The van der Waals surface area contributed by atoms with Gasteiger partial charge in [0.1, 0.15) is 5.69 Å². The Morgan fingerprint density at radius 2 is 2.17 bits per heavy atom. The van der Waals surface area contributed by atoms with Crippen molar-refractivity contribution >= 4 is 21.9 Å². The Morgan fingerprint density at radius 1 is 1.44 bits per heavy atom. The maximum atomic E-state index is 11.4. The number of carboxylic acids is 1. The fourth-order valence-electron chi connectivity index (χ4n) is 1.66. The van der Waals surface area contributed by atoms with Crippen LogP contribution < -0.4 is 5.69 Å². The number of rotatable bonds is 2. The Morgan fingerprint density at radius 3 is 2.78 bits per heavy atom. The Balaban J connectivity index is 2.72. The Bertz CT molecular complexity index is 679. The average Bonchev–Trinajstić information content (AvgIpc) is 2.31. The van der Waals surface area contributed by atoms with Crippen molar-refractivity contribution in [2.75, 3.05) is 0 Å². The largest absolute Gasteiger partial charge is 0.477 e. The number of H-pyrrole nitrogens is 1. The van der Waals surface area contributed by atoms with E-state index in [1.165, 1.54) is 0 Å². The van der Waals surface area contributed by atoms with E-state index in [0.29, 0.717) is 16.8 Å². The molecule has 0 aliphatic heterocycles. The summed E-state index contributed by atoms with van der Waals surface area (Å²) in [5.41, 5.74) is 0.686. The second-order valence-corrected chi connectivity index (χ2v) is 4.62. The van der Waals surface area contributed by atoms with Crippen molar-refractivity contribution in [1.29, 1.82) is 0 Å². The molecule has 0 saturated heterocycles. The minimum atomic E-state index is -1.18. The smallest absolute Gasteiger partial charge is 0.352 e. The third kappa shape index (κ3) is 2.33. The summed E-state index contributed by atoms with van der Waals surface area (Å²) < 4.78 is 0.832. The highest BCUT2D eigenvalue weighted by Crippen LogP contribution is 2.24. The van der Waals surface area contributed by atoms with Gasteiger partial charge in [-0.15, -0.1) is 0 Å². The summed E-state index contributed by atoms with van der Waals surface area (Å²) in [7, 11) is 0. The van der Waals surface area contributed by atoms with Gasteiger partial charge in [0.05, 0.1) is 5.69 Å². The van der Waals surface area contributed by atoms with Crippen LogP contribution in [0.15, 0.2) is 33.5 Å². The zero-order valence-electron chi connectivity index (χ0n) is 9.40. The Kier molecular flexibility index (Phi) is 3.29. The van der Waals surface area contributed by atoms with Gasteiger partial charge in [-0.25, -0.2) is 9.59 Å². The molecule has 18 heavy (non-hydrogen) atoms. The van der Waals surface area contributed by atoms with Crippen LogP contribution in [-0.4, -0.2) is 21.0 Å². The van der Waals surface area contributed by atoms with E-state index in [0.717, 1.165) is 4.47 Å². The topological polar surface area (TPSA) is 83.0 Å². The third-order valence-corrected chi connectivity index (χ3v) is 2.98. The van der Waals surface area contributed by atoms with Crippen molar-refractivity contribution in [2.45, 2.75) is 6.92 Å². The molecule has 1 aromatic carbocycles. The quantitative estimate of drug-likeness (QED) is 0.891. The molecule has 1 aromatic heterocycles. The molecule has 0 aliphatic rings. The number of aromatic carboxylic acids is 1. The lowest BCUT2D eigenvalue weighted by atomic mass is 10.1. The summed E-state index contributed by atoms with van der Waals surface area (Å²) in [4.78, 5) is 28.5. The summed E-state index contributed by atoms with van der Waals surface area (Å²) in [6.07, 6.45) is 0. The van der Waals surface area contributed by atoms with Crippen LogP contribution in [0.5, 0.6) is 0 Å². The summed E-state index contributed by atoms with van der Waals surface area (Å²) in [5, 5.41) is 9.01. The number of aromatic amines is 1. The van der Waals surface area contributed by atoms with Gasteiger partial charge in [0, 0.05) is 15.6 Å². The summed E-state index contributed by atoms with van der Waals surface area (Å²) in [6.45, 7) is 1.61. The van der Waals surface area contributed by atoms with Crippen LogP contribution in [0, 0.1) is 6.92 Å². The monoisotopic (exact) mass is 308 g/mol. The molecule has 0 fully saturated rings. The molecule has 1 heterocycles. The molecular formula is C12H9BrN2O3. The third-order valence-electron chi connectivity index (χ3n) is 2.49. The molecule has 0 saturated carbocycles. The number of nitrogens with one attached hydrogen (secondary N) is 1. The number of benzene rings is 1. The number of carbonyl (C=O) groups is 1. The van der Waals surface area contributed by atoms with Gasteiger partial charge in [-0.2, -0.15) is 4.98 Å². The summed E-state index contributed by atoms with van der Waals surface area (Å²) >= 11 is 3.32. The minimum Gasteiger partial charge on any atom is -0.477 e. The van der Waals surface area contributed by atoms with Crippen LogP contribution >= 0.6 is 15.9 Å². The average molecular weight is 309 g/mol. The van der Waals surface area contributed by atoms with Gasteiger partial charge in [-0.3, -0.25) is 4.98 Å². The van der Waals surface area contributed by atoms with E-state index in [9.17, 15) is 9.59 Å². The van der Waals surface area contributed by atoms with Crippen LogP contribution in [0.2, 0.25) is 0 Å². The maximum Gasteiger partial charge on any atom is 0.352 e. The molecule has 0 bridgehead atoms. The highest BCUT2D eigenvalue weighted by molar-refractivity contribution is 9.10. The van der Waals surface area contributed by atoms with E-state index in [4.69, 9.17) is 5.11 Å². The molecule has 0 aliphatic carbocycles. The van der Waals surface area contributed by atoms with E-state index in [1.54, 1.807) is 25.1 Å². The van der Waals surface area contributed by atoms with Gasteiger partial charge in [0.25, 0.3) is 0 Å². The first kappa shape index (κ1) is 12.5. The standard InChI is InChI=1S/C12H9BrN2O3/c1-6-9(7-3-2-4-8(13)5-7)14-12(18)15-10(6)11(16)17/h2-5H,1H3,(H,16,17)(H,14,15,18). The van der Waals surface area contributed by atoms with Gasteiger partial charge in [-0.05, 0) is 19.1 Å². The number of hydrogen-bond donors (Lipinski definition) is 2. The normalized spacial score (nSPS) is 10.3. The molecule has 0 unspecified atom stereocenters. The first-order chi connectivity index (χ1) is 8.49. The molecule has 92 valence electrons. The molecule has 2 aromatic rings. The molecule has 0 atom stereocenters. The lowest BCUT2D eigenvalue weighted by Crippen LogP contribution is -2.19. The van der Waals surface area contributed by atoms with Gasteiger partial charge in [-0.1, -0.05) is 28.1 Å². The molecule has 0 amide bonds. The first-order valence-corrected chi connectivity index (χ1v) is 5.88.